The Kier molecular flexibility index (Phi) is 3.58. The third kappa shape index (κ3) is 2.94. The quantitative estimate of drug-likeness (QED) is 0.945. The minimum atomic E-state index is 0.448. The second-order valence-electron chi connectivity index (χ2n) is 3.61. The molecule has 4 nitrogen and oxygen atoms in total. The zero-order valence-electron chi connectivity index (χ0n) is 9.35. The van der Waals surface area contributed by atoms with Crippen molar-refractivity contribution in [3.8, 4) is 5.88 Å². The predicted molar refractivity (Wildman–Crippen MR) is 69.7 cm³/mol. The molecule has 0 saturated carbocycles. The Morgan fingerprint density at radius 3 is 2.94 bits per heavy atom. The van der Waals surface area contributed by atoms with Gasteiger partial charge in [0.1, 0.15) is 18.8 Å². The molecule has 0 spiro atoms. The Labute approximate surface area is 108 Å². The van der Waals surface area contributed by atoms with Crippen molar-refractivity contribution in [3.63, 3.8) is 0 Å². The van der Waals surface area contributed by atoms with Crippen molar-refractivity contribution in [3.05, 3.63) is 46.2 Å². The van der Waals surface area contributed by atoms with Gasteiger partial charge >= 0.3 is 0 Å². The lowest BCUT2D eigenvalue weighted by molar-refractivity contribution is 0.291. The van der Waals surface area contributed by atoms with Crippen LogP contribution in [0.5, 0.6) is 5.88 Å². The van der Waals surface area contributed by atoms with E-state index in [4.69, 9.17) is 10.5 Å². The number of nitrogens with zero attached hydrogens (tertiary/aromatic N) is 2. The predicted octanol–water partition coefficient (Wildman–Crippen LogP) is 2.71. The SMILES string of the molecule is Cc1c(N)ncnc1OCc1cccc(Br)c1. The molecule has 0 aliphatic heterocycles. The summed E-state index contributed by atoms with van der Waals surface area (Å²) in [7, 11) is 0. The Morgan fingerprint density at radius 1 is 1.35 bits per heavy atom. The molecule has 0 aliphatic carbocycles. The van der Waals surface area contributed by atoms with Crippen LogP contribution >= 0.6 is 15.9 Å². The monoisotopic (exact) mass is 293 g/mol. The van der Waals surface area contributed by atoms with E-state index in [-0.39, 0.29) is 0 Å². The summed E-state index contributed by atoms with van der Waals surface area (Å²) < 4.78 is 6.63. The van der Waals surface area contributed by atoms with Crippen molar-refractivity contribution in [2.75, 3.05) is 5.73 Å². The van der Waals surface area contributed by atoms with Crippen molar-refractivity contribution >= 4 is 21.7 Å². The van der Waals surface area contributed by atoms with Gasteiger partial charge in [0.15, 0.2) is 0 Å². The highest BCUT2D eigenvalue weighted by molar-refractivity contribution is 9.10. The number of halogens is 1. The number of anilines is 1. The standard InChI is InChI=1S/C12H12BrN3O/c1-8-11(14)15-7-16-12(8)17-6-9-3-2-4-10(13)5-9/h2-5,7H,6H2,1H3,(H2,14,15,16). The van der Waals surface area contributed by atoms with Crippen LogP contribution in [0.15, 0.2) is 35.1 Å². The third-order valence-corrected chi connectivity index (χ3v) is 2.83. The Balaban J connectivity index is 2.10. The first-order valence-corrected chi connectivity index (χ1v) is 5.90. The number of ether oxygens (including phenoxy) is 1. The van der Waals surface area contributed by atoms with Gasteiger partial charge in [0.05, 0.1) is 5.56 Å². The van der Waals surface area contributed by atoms with E-state index in [1.807, 2.05) is 31.2 Å². The lowest BCUT2D eigenvalue weighted by Crippen LogP contribution is -2.02. The van der Waals surface area contributed by atoms with E-state index in [0.29, 0.717) is 18.3 Å². The molecule has 2 rings (SSSR count). The van der Waals surface area contributed by atoms with Gasteiger partial charge in [-0.25, -0.2) is 9.97 Å². The molecule has 1 aromatic carbocycles. The number of aromatic nitrogens is 2. The summed E-state index contributed by atoms with van der Waals surface area (Å²) in [6.45, 7) is 2.29. The summed E-state index contributed by atoms with van der Waals surface area (Å²) in [6, 6.07) is 7.92. The first-order valence-electron chi connectivity index (χ1n) is 5.11. The van der Waals surface area contributed by atoms with Crippen molar-refractivity contribution in [1.29, 1.82) is 0 Å². The van der Waals surface area contributed by atoms with Gasteiger partial charge < -0.3 is 10.5 Å². The maximum Gasteiger partial charge on any atom is 0.221 e. The van der Waals surface area contributed by atoms with Crippen LogP contribution in [0.2, 0.25) is 0 Å². The minimum absolute atomic E-state index is 0.448. The van der Waals surface area contributed by atoms with Crippen LogP contribution in [0.1, 0.15) is 11.1 Å². The van der Waals surface area contributed by atoms with E-state index in [1.54, 1.807) is 0 Å². The maximum atomic E-state index is 5.68. The molecule has 5 heteroatoms. The second-order valence-corrected chi connectivity index (χ2v) is 4.52. The van der Waals surface area contributed by atoms with E-state index in [0.717, 1.165) is 15.6 Å². The zero-order chi connectivity index (χ0) is 12.3. The summed E-state index contributed by atoms with van der Waals surface area (Å²) >= 11 is 3.41. The number of nitrogens with two attached hydrogens (primary N) is 1. The lowest BCUT2D eigenvalue weighted by Gasteiger charge is -2.08. The molecule has 0 fully saturated rings. The summed E-state index contributed by atoms with van der Waals surface area (Å²) in [5.41, 5.74) is 7.51. The van der Waals surface area contributed by atoms with Gasteiger partial charge in [-0.1, -0.05) is 28.1 Å². The molecule has 0 radical (unpaired) electrons. The van der Waals surface area contributed by atoms with Crippen LogP contribution in [-0.2, 0) is 6.61 Å². The van der Waals surface area contributed by atoms with Gasteiger partial charge in [-0.05, 0) is 24.6 Å². The zero-order valence-corrected chi connectivity index (χ0v) is 10.9. The fourth-order valence-corrected chi connectivity index (χ4v) is 1.82. The molecule has 2 aromatic rings. The first-order chi connectivity index (χ1) is 8.16. The van der Waals surface area contributed by atoms with Crippen molar-refractivity contribution < 1.29 is 4.74 Å². The maximum absolute atomic E-state index is 5.68. The van der Waals surface area contributed by atoms with Gasteiger partial charge in [0.25, 0.3) is 0 Å². The highest BCUT2D eigenvalue weighted by Gasteiger charge is 2.05. The Hall–Kier alpha value is -1.62. The Morgan fingerprint density at radius 2 is 2.18 bits per heavy atom. The summed E-state index contributed by atoms with van der Waals surface area (Å²) in [5, 5.41) is 0. The van der Waals surface area contributed by atoms with Gasteiger partial charge in [0.2, 0.25) is 5.88 Å². The van der Waals surface area contributed by atoms with Crippen LogP contribution in [0.4, 0.5) is 5.82 Å². The Bertz CT molecular complexity index is 531. The molecule has 88 valence electrons. The topological polar surface area (TPSA) is 61.0 Å². The number of rotatable bonds is 3. The van der Waals surface area contributed by atoms with Crippen molar-refractivity contribution in [2.45, 2.75) is 13.5 Å². The number of hydrogen-bond acceptors (Lipinski definition) is 4. The van der Waals surface area contributed by atoms with Crippen LogP contribution in [0.25, 0.3) is 0 Å². The fourth-order valence-electron chi connectivity index (χ4n) is 1.37. The van der Waals surface area contributed by atoms with Crippen molar-refractivity contribution in [1.82, 2.24) is 9.97 Å². The molecule has 17 heavy (non-hydrogen) atoms. The molecular weight excluding hydrogens is 282 g/mol. The number of nitrogen functional groups attached to an aromatic ring is 1. The molecule has 1 aromatic heterocycles. The largest absolute Gasteiger partial charge is 0.472 e. The summed E-state index contributed by atoms with van der Waals surface area (Å²) in [4.78, 5) is 7.94. The highest BCUT2D eigenvalue weighted by atomic mass is 79.9. The lowest BCUT2D eigenvalue weighted by atomic mass is 10.2. The molecule has 2 N–H and O–H groups in total. The summed E-state index contributed by atoms with van der Waals surface area (Å²) in [5.74, 6) is 0.974. The average Bonchev–Trinajstić information content (AvgIpc) is 2.31. The number of benzene rings is 1. The normalized spacial score (nSPS) is 10.2. The van der Waals surface area contributed by atoms with E-state index in [1.165, 1.54) is 6.33 Å². The van der Waals surface area contributed by atoms with Crippen LogP contribution < -0.4 is 10.5 Å². The van der Waals surface area contributed by atoms with Gasteiger partial charge in [-0.15, -0.1) is 0 Å². The minimum Gasteiger partial charge on any atom is -0.472 e. The number of hydrogen-bond donors (Lipinski definition) is 1. The van der Waals surface area contributed by atoms with E-state index < -0.39 is 0 Å². The molecule has 0 atom stereocenters. The molecule has 0 aliphatic rings. The molecule has 0 amide bonds. The molecule has 0 saturated heterocycles. The second kappa shape index (κ2) is 5.14. The molecule has 0 unspecified atom stereocenters. The van der Waals surface area contributed by atoms with Crippen molar-refractivity contribution in [2.24, 2.45) is 0 Å². The highest BCUT2D eigenvalue weighted by Crippen LogP contribution is 2.19. The van der Waals surface area contributed by atoms with E-state index >= 15 is 0 Å². The smallest absolute Gasteiger partial charge is 0.221 e. The van der Waals surface area contributed by atoms with Gasteiger partial charge in [0, 0.05) is 4.47 Å². The third-order valence-electron chi connectivity index (χ3n) is 2.34. The van der Waals surface area contributed by atoms with E-state index in [2.05, 4.69) is 25.9 Å². The fraction of sp³-hybridized carbons (Fsp3) is 0.167. The van der Waals surface area contributed by atoms with Crippen LogP contribution in [0, 0.1) is 6.92 Å². The first kappa shape index (κ1) is 11.9. The van der Waals surface area contributed by atoms with Gasteiger partial charge in [-0.3, -0.25) is 0 Å². The van der Waals surface area contributed by atoms with Crippen LogP contribution in [0.3, 0.4) is 0 Å². The molecular formula is C12H12BrN3O. The van der Waals surface area contributed by atoms with E-state index in [9.17, 15) is 0 Å². The van der Waals surface area contributed by atoms with Crippen LogP contribution in [-0.4, -0.2) is 9.97 Å². The molecule has 1 heterocycles. The molecule has 0 bridgehead atoms. The summed E-state index contributed by atoms with van der Waals surface area (Å²) in [6.07, 6.45) is 1.40. The van der Waals surface area contributed by atoms with Gasteiger partial charge in [-0.2, -0.15) is 0 Å². The average molecular weight is 294 g/mol.